The lowest BCUT2D eigenvalue weighted by molar-refractivity contribution is -0.143. The molecule has 0 fully saturated rings. The number of benzene rings is 1. The molecule has 0 spiro atoms. The predicted octanol–water partition coefficient (Wildman–Crippen LogP) is 3.04. The fourth-order valence-corrected chi connectivity index (χ4v) is 2.08. The highest BCUT2D eigenvalue weighted by atomic mass is 16.4. The molecule has 0 aliphatic rings. The molecule has 0 saturated carbocycles. The number of carboxylic acids is 1. The van der Waals surface area contributed by atoms with Gasteiger partial charge in [0.2, 0.25) is 0 Å². The van der Waals surface area contributed by atoms with E-state index in [2.05, 4.69) is 4.98 Å². The number of fused-ring (bicyclic) bond motifs is 1. The maximum atomic E-state index is 11.2. The van der Waals surface area contributed by atoms with Gasteiger partial charge in [0.1, 0.15) is 5.52 Å². The van der Waals surface area contributed by atoms with Crippen LogP contribution in [0.1, 0.15) is 25.3 Å². The molecule has 1 unspecified atom stereocenters. The van der Waals surface area contributed by atoms with Crippen molar-refractivity contribution >= 4 is 17.1 Å². The normalized spacial score (nSPS) is 13.1. The van der Waals surface area contributed by atoms with E-state index in [1.807, 2.05) is 32.0 Å². The van der Waals surface area contributed by atoms with Gasteiger partial charge in [-0.1, -0.05) is 19.9 Å². The van der Waals surface area contributed by atoms with E-state index in [1.54, 1.807) is 6.92 Å². The van der Waals surface area contributed by atoms with E-state index in [0.29, 0.717) is 12.3 Å². The largest absolute Gasteiger partial charge is 0.481 e. The lowest BCUT2D eigenvalue weighted by Crippen LogP contribution is -2.22. The zero-order valence-electron chi connectivity index (χ0n) is 10.8. The highest BCUT2D eigenvalue weighted by Crippen LogP contribution is 2.22. The second-order valence-electron chi connectivity index (χ2n) is 4.93. The Morgan fingerprint density at radius 3 is 2.78 bits per heavy atom. The smallest absolute Gasteiger partial charge is 0.307 e. The summed E-state index contributed by atoms with van der Waals surface area (Å²) >= 11 is 0. The van der Waals surface area contributed by atoms with Crippen LogP contribution >= 0.6 is 0 Å². The molecule has 0 aliphatic heterocycles. The van der Waals surface area contributed by atoms with Crippen molar-refractivity contribution in [2.75, 3.05) is 0 Å². The number of carboxylic acid groups (broad SMARTS) is 1. The molecular weight excluding hydrogens is 230 g/mol. The third-order valence-electron chi connectivity index (χ3n) is 3.14. The second kappa shape index (κ2) is 4.80. The van der Waals surface area contributed by atoms with Crippen molar-refractivity contribution in [2.24, 2.45) is 11.8 Å². The first kappa shape index (κ1) is 12.6. The molecule has 96 valence electrons. The first-order valence-corrected chi connectivity index (χ1v) is 6.06. The summed E-state index contributed by atoms with van der Waals surface area (Å²) < 4.78 is 5.40. The third-order valence-corrected chi connectivity index (χ3v) is 3.14. The van der Waals surface area contributed by atoms with E-state index in [0.717, 1.165) is 16.7 Å². The minimum atomic E-state index is -0.749. The zero-order chi connectivity index (χ0) is 13.3. The Balaban J connectivity index is 2.27. The Kier molecular flexibility index (Phi) is 3.36. The number of oxazole rings is 1. The van der Waals surface area contributed by atoms with Crippen LogP contribution in [0.5, 0.6) is 0 Å². The molecule has 2 aromatic rings. The number of aromatic nitrogens is 1. The van der Waals surface area contributed by atoms with E-state index >= 15 is 0 Å². The molecule has 1 aromatic heterocycles. The first-order chi connectivity index (χ1) is 8.47. The van der Waals surface area contributed by atoms with Gasteiger partial charge < -0.3 is 9.52 Å². The van der Waals surface area contributed by atoms with Crippen LogP contribution in [0, 0.1) is 18.8 Å². The molecule has 1 aromatic carbocycles. The lowest BCUT2D eigenvalue weighted by Gasteiger charge is -2.15. The van der Waals surface area contributed by atoms with Crippen molar-refractivity contribution in [2.45, 2.75) is 27.2 Å². The van der Waals surface area contributed by atoms with Gasteiger partial charge in [0.15, 0.2) is 11.5 Å². The summed E-state index contributed by atoms with van der Waals surface area (Å²) in [4.78, 5) is 15.4. The number of aliphatic carboxylic acids is 1. The fraction of sp³-hybridized carbons (Fsp3) is 0.429. The fourth-order valence-electron chi connectivity index (χ4n) is 2.08. The van der Waals surface area contributed by atoms with Crippen LogP contribution in [-0.2, 0) is 11.2 Å². The van der Waals surface area contributed by atoms with Crippen LogP contribution in [0.15, 0.2) is 22.6 Å². The van der Waals surface area contributed by atoms with Crippen LogP contribution < -0.4 is 0 Å². The molecule has 4 heteroatoms. The monoisotopic (exact) mass is 247 g/mol. The molecule has 1 atom stereocenters. The van der Waals surface area contributed by atoms with E-state index in [1.165, 1.54) is 0 Å². The average Bonchev–Trinajstić information content (AvgIpc) is 2.64. The maximum Gasteiger partial charge on any atom is 0.307 e. The summed E-state index contributed by atoms with van der Waals surface area (Å²) in [5, 5.41) is 9.19. The molecule has 0 bridgehead atoms. The minimum absolute atomic E-state index is 0.109. The summed E-state index contributed by atoms with van der Waals surface area (Å²) in [6.07, 6.45) is 0.523. The van der Waals surface area contributed by atoms with E-state index in [-0.39, 0.29) is 11.8 Å². The average molecular weight is 247 g/mol. The minimum Gasteiger partial charge on any atom is -0.481 e. The van der Waals surface area contributed by atoms with Gasteiger partial charge in [-0.25, -0.2) is 4.98 Å². The van der Waals surface area contributed by atoms with Gasteiger partial charge in [-0.3, -0.25) is 4.79 Å². The van der Waals surface area contributed by atoms with Crippen molar-refractivity contribution in [1.29, 1.82) is 0 Å². The number of hydrogen-bond acceptors (Lipinski definition) is 3. The van der Waals surface area contributed by atoms with Gasteiger partial charge in [-0.2, -0.15) is 0 Å². The van der Waals surface area contributed by atoms with Gasteiger partial charge in [-0.15, -0.1) is 0 Å². The maximum absolute atomic E-state index is 11.2. The van der Waals surface area contributed by atoms with Gasteiger partial charge in [0.25, 0.3) is 0 Å². The molecular formula is C14H17NO3. The summed E-state index contributed by atoms with van der Waals surface area (Å²) in [7, 11) is 0. The number of rotatable bonds is 4. The van der Waals surface area contributed by atoms with Crippen LogP contribution in [0.3, 0.4) is 0 Å². The standard InChI is InChI=1S/C14H17NO3/c1-8(2)11(14(16)17)6-10-4-5-13-12(7-10)15-9(3)18-13/h4-5,7-8,11H,6H2,1-3H3,(H,16,17). The Morgan fingerprint density at radius 1 is 1.44 bits per heavy atom. The van der Waals surface area contributed by atoms with Gasteiger partial charge in [0, 0.05) is 6.92 Å². The van der Waals surface area contributed by atoms with Crippen molar-refractivity contribution in [3.63, 3.8) is 0 Å². The number of aryl methyl sites for hydroxylation is 1. The molecule has 0 radical (unpaired) electrons. The third kappa shape index (κ3) is 2.53. The topological polar surface area (TPSA) is 63.3 Å². The molecule has 0 amide bonds. The Morgan fingerprint density at radius 2 is 2.17 bits per heavy atom. The van der Waals surface area contributed by atoms with Crippen molar-refractivity contribution in [3.05, 3.63) is 29.7 Å². The molecule has 0 saturated heterocycles. The molecule has 1 heterocycles. The van der Waals surface area contributed by atoms with Gasteiger partial charge in [-0.05, 0) is 30.0 Å². The van der Waals surface area contributed by atoms with Crippen LogP contribution in [0.2, 0.25) is 0 Å². The molecule has 2 rings (SSSR count). The highest BCUT2D eigenvalue weighted by Gasteiger charge is 2.22. The highest BCUT2D eigenvalue weighted by molar-refractivity contribution is 5.74. The van der Waals surface area contributed by atoms with E-state index < -0.39 is 5.97 Å². The summed E-state index contributed by atoms with van der Waals surface area (Å²) in [5.41, 5.74) is 2.52. The first-order valence-electron chi connectivity index (χ1n) is 6.06. The van der Waals surface area contributed by atoms with Gasteiger partial charge >= 0.3 is 5.97 Å². The lowest BCUT2D eigenvalue weighted by atomic mass is 9.89. The number of carbonyl (C=O) groups is 1. The molecule has 18 heavy (non-hydrogen) atoms. The SMILES string of the molecule is Cc1nc2cc(CC(C(=O)O)C(C)C)ccc2o1. The van der Waals surface area contributed by atoms with Crippen molar-refractivity contribution in [1.82, 2.24) is 4.98 Å². The van der Waals surface area contributed by atoms with Crippen LogP contribution in [-0.4, -0.2) is 16.1 Å². The van der Waals surface area contributed by atoms with Gasteiger partial charge in [0.05, 0.1) is 5.92 Å². The predicted molar refractivity (Wildman–Crippen MR) is 68.4 cm³/mol. The Bertz CT molecular complexity index is 571. The molecule has 4 nitrogen and oxygen atoms in total. The molecule has 0 aliphatic carbocycles. The van der Waals surface area contributed by atoms with E-state index in [4.69, 9.17) is 4.42 Å². The molecule has 1 N–H and O–H groups in total. The summed E-state index contributed by atoms with van der Waals surface area (Å²) in [6, 6.07) is 5.67. The Labute approximate surface area is 106 Å². The quantitative estimate of drug-likeness (QED) is 0.902. The zero-order valence-corrected chi connectivity index (χ0v) is 10.8. The second-order valence-corrected chi connectivity index (χ2v) is 4.93. The summed E-state index contributed by atoms with van der Waals surface area (Å²) in [5.74, 6) is -0.380. The van der Waals surface area contributed by atoms with Crippen LogP contribution in [0.4, 0.5) is 0 Å². The summed E-state index contributed by atoms with van der Waals surface area (Å²) in [6.45, 7) is 5.66. The van der Waals surface area contributed by atoms with Crippen molar-refractivity contribution in [3.8, 4) is 0 Å². The van der Waals surface area contributed by atoms with Crippen molar-refractivity contribution < 1.29 is 14.3 Å². The van der Waals surface area contributed by atoms with E-state index in [9.17, 15) is 9.90 Å². The Hall–Kier alpha value is -1.84. The van der Waals surface area contributed by atoms with Crippen LogP contribution in [0.25, 0.3) is 11.1 Å². The number of hydrogen-bond donors (Lipinski definition) is 1. The number of nitrogens with zero attached hydrogens (tertiary/aromatic N) is 1.